The van der Waals surface area contributed by atoms with Crippen molar-refractivity contribution in [3.63, 3.8) is 0 Å². The maximum atomic E-state index is 12.8. The van der Waals surface area contributed by atoms with Crippen molar-refractivity contribution in [1.29, 1.82) is 0 Å². The van der Waals surface area contributed by atoms with Crippen molar-refractivity contribution >= 4 is 5.91 Å². The van der Waals surface area contributed by atoms with Gasteiger partial charge in [-0.05, 0) is 63.8 Å². The summed E-state index contributed by atoms with van der Waals surface area (Å²) in [5.74, 6) is 0.154. The predicted octanol–water partition coefficient (Wildman–Crippen LogP) is 2.31. The van der Waals surface area contributed by atoms with Gasteiger partial charge in [0.05, 0.1) is 5.60 Å². The molecule has 4 heteroatoms. The lowest BCUT2D eigenvalue weighted by atomic mass is 9.97. The molecule has 2 aliphatic rings. The summed E-state index contributed by atoms with van der Waals surface area (Å²) >= 11 is 0. The number of amides is 1. The average Bonchev–Trinajstić information content (AvgIpc) is 2.99. The molecule has 1 amide bonds. The number of benzene rings is 1. The molecule has 2 aliphatic heterocycles. The first-order chi connectivity index (χ1) is 10.9. The van der Waals surface area contributed by atoms with E-state index in [9.17, 15) is 9.90 Å². The van der Waals surface area contributed by atoms with Gasteiger partial charge in [0.1, 0.15) is 0 Å². The van der Waals surface area contributed by atoms with Gasteiger partial charge in [0.15, 0.2) is 0 Å². The SMILES string of the molecule is CC(C)(O)CCc1cccc(C(=O)N2CCN3CCCC3C2)c1. The Morgan fingerprint density at radius 3 is 2.91 bits per heavy atom. The molecule has 2 fully saturated rings. The number of fused-ring (bicyclic) bond motifs is 1. The third-order valence-electron chi connectivity index (χ3n) is 5.07. The molecular formula is C19H28N2O2. The summed E-state index contributed by atoms with van der Waals surface area (Å²) in [4.78, 5) is 17.3. The van der Waals surface area contributed by atoms with E-state index < -0.39 is 5.60 Å². The van der Waals surface area contributed by atoms with Crippen molar-refractivity contribution < 1.29 is 9.90 Å². The van der Waals surface area contributed by atoms with Crippen LogP contribution in [0.15, 0.2) is 24.3 Å². The normalized spacial score (nSPS) is 22.2. The van der Waals surface area contributed by atoms with Gasteiger partial charge in [-0.3, -0.25) is 9.69 Å². The van der Waals surface area contributed by atoms with Crippen molar-refractivity contribution in [3.05, 3.63) is 35.4 Å². The molecular weight excluding hydrogens is 288 g/mol. The van der Waals surface area contributed by atoms with E-state index in [1.807, 2.05) is 43.0 Å². The first kappa shape index (κ1) is 16.5. The predicted molar refractivity (Wildman–Crippen MR) is 91.6 cm³/mol. The summed E-state index contributed by atoms with van der Waals surface area (Å²) in [7, 11) is 0. The van der Waals surface area contributed by atoms with E-state index in [2.05, 4.69) is 4.90 Å². The lowest BCUT2D eigenvalue weighted by Gasteiger charge is -2.37. The summed E-state index contributed by atoms with van der Waals surface area (Å²) in [6, 6.07) is 8.47. The zero-order chi connectivity index (χ0) is 16.4. The number of aliphatic hydroxyl groups is 1. The lowest BCUT2D eigenvalue weighted by molar-refractivity contribution is 0.0571. The molecule has 1 aromatic carbocycles. The van der Waals surface area contributed by atoms with Gasteiger partial charge in [-0.25, -0.2) is 0 Å². The first-order valence-corrected chi connectivity index (χ1v) is 8.77. The highest BCUT2D eigenvalue weighted by atomic mass is 16.3. The van der Waals surface area contributed by atoms with Gasteiger partial charge in [0.25, 0.3) is 5.91 Å². The monoisotopic (exact) mass is 316 g/mol. The molecule has 126 valence electrons. The second kappa shape index (κ2) is 6.62. The number of carbonyl (C=O) groups excluding carboxylic acids is 1. The summed E-state index contributed by atoms with van der Waals surface area (Å²) in [6.45, 7) is 7.55. The summed E-state index contributed by atoms with van der Waals surface area (Å²) < 4.78 is 0. The maximum absolute atomic E-state index is 12.8. The summed E-state index contributed by atoms with van der Waals surface area (Å²) in [6.07, 6.45) is 3.97. The van der Waals surface area contributed by atoms with Crippen LogP contribution in [-0.2, 0) is 6.42 Å². The Morgan fingerprint density at radius 2 is 2.13 bits per heavy atom. The standard InChI is InChI=1S/C19H28N2O2/c1-19(2,23)9-8-15-5-3-6-16(13-15)18(22)21-12-11-20-10-4-7-17(20)14-21/h3,5-6,13,17,23H,4,7-12,14H2,1-2H3. The fourth-order valence-electron chi connectivity index (χ4n) is 3.67. The topological polar surface area (TPSA) is 43.8 Å². The molecule has 1 aromatic rings. The molecule has 0 aliphatic carbocycles. The minimum Gasteiger partial charge on any atom is -0.390 e. The van der Waals surface area contributed by atoms with Crippen LogP contribution in [0.5, 0.6) is 0 Å². The summed E-state index contributed by atoms with van der Waals surface area (Å²) in [5.41, 5.74) is 1.24. The summed E-state index contributed by atoms with van der Waals surface area (Å²) in [5, 5.41) is 9.87. The van der Waals surface area contributed by atoms with Crippen molar-refractivity contribution in [2.75, 3.05) is 26.2 Å². The van der Waals surface area contributed by atoms with Crippen LogP contribution in [0.2, 0.25) is 0 Å². The Labute approximate surface area is 139 Å². The fraction of sp³-hybridized carbons (Fsp3) is 0.632. The highest BCUT2D eigenvalue weighted by Gasteiger charge is 2.32. The van der Waals surface area contributed by atoms with E-state index in [1.165, 1.54) is 19.4 Å². The zero-order valence-corrected chi connectivity index (χ0v) is 14.3. The Kier molecular flexibility index (Phi) is 4.74. The third-order valence-corrected chi connectivity index (χ3v) is 5.07. The second-order valence-electron chi connectivity index (χ2n) is 7.60. The first-order valence-electron chi connectivity index (χ1n) is 8.77. The van der Waals surface area contributed by atoms with Gasteiger partial charge in [-0.15, -0.1) is 0 Å². The molecule has 3 rings (SSSR count). The Hall–Kier alpha value is -1.39. The van der Waals surface area contributed by atoms with Gasteiger partial charge >= 0.3 is 0 Å². The quantitative estimate of drug-likeness (QED) is 0.927. The number of hydrogen-bond acceptors (Lipinski definition) is 3. The molecule has 0 bridgehead atoms. The number of nitrogens with zero attached hydrogens (tertiary/aromatic N) is 2. The number of aryl methyl sites for hydroxylation is 1. The molecule has 4 nitrogen and oxygen atoms in total. The van der Waals surface area contributed by atoms with Gasteiger partial charge in [-0.1, -0.05) is 12.1 Å². The maximum Gasteiger partial charge on any atom is 0.253 e. The largest absolute Gasteiger partial charge is 0.390 e. The molecule has 0 radical (unpaired) electrons. The molecule has 23 heavy (non-hydrogen) atoms. The van der Waals surface area contributed by atoms with Crippen LogP contribution in [0.1, 0.15) is 49.0 Å². The highest BCUT2D eigenvalue weighted by molar-refractivity contribution is 5.94. The average molecular weight is 316 g/mol. The zero-order valence-electron chi connectivity index (χ0n) is 14.3. The molecule has 1 N–H and O–H groups in total. The van der Waals surface area contributed by atoms with Gasteiger partial charge in [-0.2, -0.15) is 0 Å². The third kappa shape index (κ3) is 4.12. The molecule has 1 unspecified atom stereocenters. The Morgan fingerprint density at radius 1 is 1.30 bits per heavy atom. The molecule has 2 saturated heterocycles. The van der Waals surface area contributed by atoms with Crippen LogP contribution < -0.4 is 0 Å². The van der Waals surface area contributed by atoms with E-state index >= 15 is 0 Å². The number of rotatable bonds is 4. The van der Waals surface area contributed by atoms with Crippen molar-refractivity contribution in [2.24, 2.45) is 0 Å². The van der Waals surface area contributed by atoms with Crippen LogP contribution in [0, 0.1) is 0 Å². The Bertz CT molecular complexity index is 565. The molecule has 2 heterocycles. The van der Waals surface area contributed by atoms with Crippen LogP contribution in [0.25, 0.3) is 0 Å². The minimum atomic E-state index is -0.668. The minimum absolute atomic E-state index is 0.154. The van der Waals surface area contributed by atoms with Crippen LogP contribution in [-0.4, -0.2) is 58.6 Å². The van der Waals surface area contributed by atoms with Crippen molar-refractivity contribution in [2.45, 2.75) is 51.2 Å². The number of carbonyl (C=O) groups is 1. The van der Waals surface area contributed by atoms with Crippen LogP contribution >= 0.6 is 0 Å². The van der Waals surface area contributed by atoms with E-state index in [4.69, 9.17) is 0 Å². The second-order valence-corrected chi connectivity index (χ2v) is 7.60. The van der Waals surface area contributed by atoms with Crippen molar-refractivity contribution in [1.82, 2.24) is 9.80 Å². The van der Waals surface area contributed by atoms with Gasteiger partial charge < -0.3 is 10.0 Å². The number of piperazine rings is 1. The van der Waals surface area contributed by atoms with Crippen LogP contribution in [0.3, 0.4) is 0 Å². The van der Waals surface area contributed by atoms with E-state index in [0.717, 1.165) is 37.2 Å². The van der Waals surface area contributed by atoms with Crippen molar-refractivity contribution in [3.8, 4) is 0 Å². The van der Waals surface area contributed by atoms with Crippen LogP contribution in [0.4, 0.5) is 0 Å². The Balaban J connectivity index is 1.65. The van der Waals surface area contributed by atoms with E-state index in [-0.39, 0.29) is 5.91 Å². The lowest BCUT2D eigenvalue weighted by Crippen LogP contribution is -2.52. The molecule has 0 saturated carbocycles. The number of hydrogen-bond donors (Lipinski definition) is 1. The van der Waals surface area contributed by atoms with E-state index in [1.54, 1.807) is 0 Å². The molecule has 0 spiro atoms. The van der Waals surface area contributed by atoms with Gasteiger partial charge in [0, 0.05) is 31.2 Å². The van der Waals surface area contributed by atoms with Gasteiger partial charge in [0.2, 0.25) is 0 Å². The molecule has 1 atom stereocenters. The fourth-order valence-corrected chi connectivity index (χ4v) is 3.67. The smallest absolute Gasteiger partial charge is 0.253 e. The highest BCUT2D eigenvalue weighted by Crippen LogP contribution is 2.23. The van der Waals surface area contributed by atoms with E-state index in [0.29, 0.717) is 12.5 Å². The molecule has 0 aromatic heterocycles.